The van der Waals surface area contributed by atoms with E-state index in [4.69, 9.17) is 56.8 Å². The summed E-state index contributed by atoms with van der Waals surface area (Å²) >= 11 is 0. The van der Waals surface area contributed by atoms with Gasteiger partial charge in [-0.25, -0.2) is 16.8 Å². The molecule has 0 saturated carbocycles. The maximum atomic E-state index is 14.6. The molecule has 0 radical (unpaired) electrons. The molecule has 20 bridgehead atoms. The Morgan fingerprint density at radius 2 is 0.517 bits per heavy atom. The summed E-state index contributed by atoms with van der Waals surface area (Å²) in [5, 5.41) is 0. The molecule has 2 heterocycles. The zero-order valence-electron chi connectivity index (χ0n) is 69.3. The zero-order chi connectivity index (χ0) is 82.1. The summed E-state index contributed by atoms with van der Waals surface area (Å²) in [6, 6.07) is 64.8. The van der Waals surface area contributed by atoms with Crippen molar-refractivity contribution in [1.82, 2.24) is 8.61 Å². The van der Waals surface area contributed by atoms with Gasteiger partial charge >= 0.3 is 0 Å². The molecule has 0 amide bonds. The van der Waals surface area contributed by atoms with Crippen LogP contribution in [-0.2, 0) is 90.4 Å². The van der Waals surface area contributed by atoms with E-state index in [2.05, 4.69) is 173 Å². The van der Waals surface area contributed by atoms with Gasteiger partial charge in [-0.3, -0.25) is 0 Å². The van der Waals surface area contributed by atoms with Crippen LogP contribution in [0.2, 0.25) is 0 Å². The van der Waals surface area contributed by atoms with Gasteiger partial charge in [-0.15, -0.1) is 0 Å². The van der Waals surface area contributed by atoms with Crippen molar-refractivity contribution in [2.45, 2.75) is 128 Å². The van der Waals surface area contributed by atoms with E-state index in [-0.39, 0.29) is 115 Å². The Hall–Kier alpha value is -9.74. The molecule has 0 aromatic heterocycles. The first kappa shape index (κ1) is 86.1. The molecule has 0 unspecified atom stereocenters. The van der Waals surface area contributed by atoms with Crippen LogP contribution in [0.1, 0.15) is 154 Å². The van der Waals surface area contributed by atoms with Gasteiger partial charge < -0.3 is 56.8 Å². The Morgan fingerprint density at radius 1 is 0.280 bits per heavy atom. The highest BCUT2D eigenvalue weighted by molar-refractivity contribution is 7.89. The summed E-state index contributed by atoms with van der Waals surface area (Å²) in [5.74, 6) is 6.14. The van der Waals surface area contributed by atoms with Crippen molar-refractivity contribution in [2.24, 2.45) is 0 Å². The third-order valence-electron chi connectivity index (χ3n) is 21.2. The van der Waals surface area contributed by atoms with Gasteiger partial charge in [0.25, 0.3) is 0 Å². The van der Waals surface area contributed by atoms with Gasteiger partial charge in [0.15, 0.2) is 0 Å². The van der Waals surface area contributed by atoms with Gasteiger partial charge in [-0.05, 0) is 177 Å². The number of nitrogens with zero attached hydrogens (tertiary/aromatic N) is 2. The smallest absolute Gasteiger partial charge is 0.243 e. The molecular weight excluding hydrogens is 1530 g/mol. The minimum atomic E-state index is -3.99. The average Bonchev–Trinajstić information content (AvgIpc) is 0.788. The molecule has 624 valence electrons. The Balaban J connectivity index is 0.822. The first-order valence-corrected chi connectivity index (χ1v) is 44.9. The highest BCUT2D eigenvalue weighted by Crippen LogP contribution is 2.41. The highest BCUT2D eigenvalue weighted by Gasteiger charge is 2.29. The lowest BCUT2D eigenvalue weighted by Crippen LogP contribution is -2.37. The molecule has 118 heavy (non-hydrogen) atoms. The molecule has 4 aliphatic rings. The van der Waals surface area contributed by atoms with E-state index in [1.807, 2.05) is 38.1 Å². The number of hydrogen-bond donors (Lipinski definition) is 0. The number of para-hydroxylation sites is 6. The highest BCUT2D eigenvalue weighted by atomic mass is 32.2. The molecule has 0 atom stereocenters. The summed E-state index contributed by atoms with van der Waals surface area (Å²) in [6.45, 7) is 16.6. The number of hydrogen-bond acceptors (Lipinski definition) is 16. The molecule has 0 spiro atoms. The predicted octanol–water partition coefficient (Wildman–Crippen LogP) is 17.5. The van der Waals surface area contributed by atoms with Crippen LogP contribution in [0.5, 0.6) is 46.0 Å². The Morgan fingerprint density at radius 3 is 0.771 bits per heavy atom. The van der Waals surface area contributed by atoms with Crippen LogP contribution in [0.15, 0.2) is 204 Å². The number of fused-ring (bicyclic) bond motifs is 26. The maximum absolute atomic E-state index is 14.6. The minimum absolute atomic E-state index is 0.0679. The number of rotatable bonds is 16. The Labute approximate surface area is 698 Å². The van der Waals surface area contributed by atoms with Gasteiger partial charge in [0.2, 0.25) is 20.0 Å². The van der Waals surface area contributed by atoms with E-state index in [0.29, 0.717) is 89.3 Å². The minimum Gasteiger partial charge on any atom is -0.493 e. The molecule has 14 rings (SSSR count). The monoisotopic (exact) mass is 1640 g/mol. The summed E-state index contributed by atoms with van der Waals surface area (Å²) in [5.41, 5.74) is 18.1. The van der Waals surface area contributed by atoms with E-state index < -0.39 is 20.0 Å². The second-order valence-corrected chi connectivity index (χ2v) is 34.4. The number of benzene rings is 10. The molecule has 2 aliphatic heterocycles. The predicted molar refractivity (Wildman–Crippen MR) is 462 cm³/mol. The van der Waals surface area contributed by atoms with Crippen LogP contribution >= 0.6 is 0 Å². The third kappa shape index (κ3) is 23.0. The molecule has 2 aliphatic carbocycles. The molecule has 10 aromatic carbocycles. The van der Waals surface area contributed by atoms with Crippen LogP contribution in [0.3, 0.4) is 0 Å². The summed E-state index contributed by atoms with van der Waals surface area (Å²) < 4.78 is 141. The molecule has 10 aromatic rings. The lowest BCUT2D eigenvalue weighted by Gasteiger charge is -2.23. The van der Waals surface area contributed by atoms with Crippen molar-refractivity contribution in [3.63, 3.8) is 0 Å². The van der Waals surface area contributed by atoms with E-state index in [0.717, 1.165) is 160 Å². The maximum Gasteiger partial charge on any atom is 0.243 e. The van der Waals surface area contributed by atoms with Crippen molar-refractivity contribution < 1.29 is 73.7 Å². The summed E-state index contributed by atoms with van der Waals surface area (Å²) in [6.07, 6.45) is 7.45. The SMILES string of the molecule is CCCOc1c2cccc1Cc1cc3cc(c1)OCCOCCN(S(=O)(=O)c1ccc(C)cc1)CCOCCOc1c4cccc1Cc1cccc(c1OCCC)Cc1cccc(c1OCCOCCN(S(=O)(=O)c1ccc(C)cc1)CCOCCOc1cc(cc(c1)Cc1cccc(c1OCCC)C3)C2)Cc1cccc(c1OCCC)C4. The molecule has 20 heteroatoms. The molecule has 0 fully saturated rings. The topological polar surface area (TPSA) is 186 Å². The van der Waals surface area contributed by atoms with Crippen molar-refractivity contribution in [3.8, 4) is 46.0 Å². The average molecular weight is 1640 g/mol. The quantitative estimate of drug-likeness (QED) is 0.0831. The number of sulfonamides is 2. The largest absolute Gasteiger partial charge is 0.493 e. The third-order valence-corrected chi connectivity index (χ3v) is 25.0. The first-order chi connectivity index (χ1) is 57.6. The van der Waals surface area contributed by atoms with Gasteiger partial charge in [-0.1, -0.05) is 184 Å². The van der Waals surface area contributed by atoms with Crippen molar-refractivity contribution in [2.75, 3.05) is 132 Å². The van der Waals surface area contributed by atoms with E-state index >= 15 is 0 Å². The fourth-order valence-corrected chi connectivity index (χ4v) is 18.3. The van der Waals surface area contributed by atoms with E-state index in [1.165, 1.54) is 8.61 Å². The van der Waals surface area contributed by atoms with Gasteiger partial charge in [0.05, 0.1) is 89.1 Å². The Kier molecular flexibility index (Phi) is 31.2. The standard InChI is InChI=1S/C98H114N2O16S2/c1-7-41-111-93-77-17-11-18-78(93)60-74-58-76-62-80-20-12-19-79(94(80)112-42-8-2)61-75-57-73(59-77)63-89(65-75)109-53-49-105-45-37-99(117(101,102)91-33-29-71(5)30-34-91)39-47-107-51-55-115-97-85-25-15-27-87(97)69-83-23-14-24-84(96(83)114-44-10-4)70-88-28-16-26-86(68-82-22-13-21-81(67-85)95(82)113-43-9-3)98(88)116-56-52-108-48-40-100(38-46-106-50-54-110-90(64-74)66-76)118(103,104)92-35-31-72(6)32-36-92/h11-36,57-58,63-66H,7-10,37-56,59-62,67-70H2,1-6H3. The normalized spacial score (nSPS) is 15.7. The molecular formula is C98H114N2O16S2. The Bertz CT molecular complexity index is 4700. The van der Waals surface area contributed by atoms with Gasteiger partial charge in [0, 0.05) is 77.5 Å². The van der Waals surface area contributed by atoms with E-state index in [9.17, 15) is 16.8 Å². The van der Waals surface area contributed by atoms with Gasteiger partial charge in [0.1, 0.15) is 72.4 Å². The molecule has 18 nitrogen and oxygen atoms in total. The summed E-state index contributed by atoms with van der Waals surface area (Å²) in [4.78, 5) is 0.375. The van der Waals surface area contributed by atoms with Crippen LogP contribution < -0.4 is 37.9 Å². The van der Waals surface area contributed by atoms with Crippen LogP contribution in [0.4, 0.5) is 0 Å². The van der Waals surface area contributed by atoms with Crippen LogP contribution in [0, 0.1) is 13.8 Å². The first-order valence-electron chi connectivity index (χ1n) is 42.0. The molecule has 0 saturated heterocycles. The fraction of sp³-hybridized carbons (Fsp3) is 0.388. The van der Waals surface area contributed by atoms with Crippen molar-refractivity contribution >= 4 is 20.0 Å². The lowest BCUT2D eigenvalue weighted by atomic mass is 9.91. The summed E-state index contributed by atoms with van der Waals surface area (Å²) in [7, 11) is -7.98. The second-order valence-electron chi connectivity index (χ2n) is 30.5. The zero-order valence-corrected chi connectivity index (χ0v) is 71.0. The number of aryl methyl sites for hydroxylation is 2. The molecule has 0 N–H and O–H groups in total. The van der Waals surface area contributed by atoms with Crippen LogP contribution in [0.25, 0.3) is 0 Å². The lowest BCUT2D eigenvalue weighted by molar-refractivity contribution is 0.0745. The van der Waals surface area contributed by atoms with Crippen LogP contribution in [-0.4, -0.2) is 157 Å². The van der Waals surface area contributed by atoms with Gasteiger partial charge in [-0.2, -0.15) is 8.61 Å². The van der Waals surface area contributed by atoms with Crippen molar-refractivity contribution in [3.05, 3.63) is 294 Å². The number of ether oxygens (including phenoxy) is 12. The second kappa shape index (κ2) is 42.8. The van der Waals surface area contributed by atoms with Crippen molar-refractivity contribution in [1.29, 1.82) is 0 Å². The van der Waals surface area contributed by atoms with E-state index in [1.54, 1.807) is 24.3 Å². The fourth-order valence-electron chi connectivity index (χ4n) is 15.5.